The maximum absolute atomic E-state index is 9.48. The number of aliphatic hydroxyl groups is 1. The van der Waals surface area contributed by atoms with Crippen molar-refractivity contribution < 1.29 is 9.84 Å². The molecule has 0 unspecified atom stereocenters. The summed E-state index contributed by atoms with van der Waals surface area (Å²) in [5.41, 5.74) is 6.49. The molecular weight excluding hydrogens is 268 g/mol. The van der Waals surface area contributed by atoms with Crippen molar-refractivity contribution in [2.45, 2.75) is 32.2 Å². The first-order valence-electron chi connectivity index (χ1n) is 7.16. The van der Waals surface area contributed by atoms with Gasteiger partial charge in [-0.3, -0.25) is 0 Å². The summed E-state index contributed by atoms with van der Waals surface area (Å²) in [5.74, 6) is 1.57. The molecule has 21 heavy (non-hydrogen) atoms. The van der Waals surface area contributed by atoms with Crippen LogP contribution in [0.1, 0.15) is 26.2 Å². The minimum atomic E-state index is -0.0375. The number of nitrogens with one attached hydrogen (secondary N) is 1. The molecule has 0 radical (unpaired) electrons. The van der Waals surface area contributed by atoms with Crippen LogP contribution >= 0.6 is 0 Å². The van der Waals surface area contributed by atoms with E-state index in [1.54, 1.807) is 7.11 Å². The van der Waals surface area contributed by atoms with Crippen molar-refractivity contribution in [1.82, 2.24) is 9.97 Å². The lowest BCUT2D eigenvalue weighted by Crippen LogP contribution is -2.24. The number of rotatable bonds is 7. The summed E-state index contributed by atoms with van der Waals surface area (Å²) in [4.78, 5) is 8.48. The van der Waals surface area contributed by atoms with Crippen molar-refractivity contribution in [2.75, 3.05) is 24.8 Å². The van der Waals surface area contributed by atoms with E-state index in [9.17, 15) is 5.11 Å². The zero-order valence-electron chi connectivity index (χ0n) is 12.5. The van der Waals surface area contributed by atoms with Crippen LogP contribution in [-0.4, -0.2) is 34.8 Å². The molecule has 6 nitrogen and oxygen atoms in total. The summed E-state index contributed by atoms with van der Waals surface area (Å²) in [6.45, 7) is 2.18. The fraction of sp³-hybridized carbons (Fsp3) is 0.467. The van der Waals surface area contributed by atoms with E-state index in [0.717, 1.165) is 35.9 Å². The fourth-order valence-corrected chi connectivity index (χ4v) is 2.22. The molecule has 1 aromatic carbocycles. The molecule has 0 aliphatic heterocycles. The van der Waals surface area contributed by atoms with E-state index in [1.807, 2.05) is 18.2 Å². The number of nitrogen functional groups attached to an aromatic ring is 1. The Morgan fingerprint density at radius 3 is 2.86 bits per heavy atom. The molecule has 1 heterocycles. The predicted molar refractivity (Wildman–Crippen MR) is 84.5 cm³/mol. The molecule has 0 aliphatic carbocycles. The van der Waals surface area contributed by atoms with E-state index in [2.05, 4.69) is 22.2 Å². The first-order valence-corrected chi connectivity index (χ1v) is 7.16. The van der Waals surface area contributed by atoms with Gasteiger partial charge in [0.25, 0.3) is 0 Å². The minimum absolute atomic E-state index is 0.0375. The number of fused-ring (bicyclic) bond motifs is 1. The highest BCUT2D eigenvalue weighted by Gasteiger charge is 2.12. The van der Waals surface area contributed by atoms with Gasteiger partial charge < -0.3 is 20.9 Å². The van der Waals surface area contributed by atoms with Crippen LogP contribution in [0.2, 0.25) is 0 Å². The molecule has 0 spiro atoms. The molecule has 0 bridgehead atoms. The zero-order chi connectivity index (χ0) is 15.2. The molecule has 0 saturated carbocycles. The number of hydrogen-bond acceptors (Lipinski definition) is 6. The van der Waals surface area contributed by atoms with E-state index >= 15 is 0 Å². The standard InChI is InChI=1S/C15H22N4O2/c1-3-4-5-10(9-20)17-14-12-7-6-11(21-2)8-13(12)18-15(16)19-14/h6-8,10,20H,3-5,9H2,1-2H3,(H3,16,17,18,19)/t10-/m1/s1. The zero-order valence-corrected chi connectivity index (χ0v) is 12.5. The number of anilines is 2. The molecule has 4 N–H and O–H groups in total. The minimum Gasteiger partial charge on any atom is -0.497 e. The molecule has 0 aliphatic rings. The van der Waals surface area contributed by atoms with E-state index in [0.29, 0.717) is 5.82 Å². The second-order valence-corrected chi connectivity index (χ2v) is 4.98. The lowest BCUT2D eigenvalue weighted by atomic mass is 10.1. The number of hydrogen-bond donors (Lipinski definition) is 3. The number of nitrogens with zero attached hydrogens (tertiary/aromatic N) is 2. The highest BCUT2D eigenvalue weighted by molar-refractivity contribution is 5.91. The van der Waals surface area contributed by atoms with Crippen LogP contribution in [0.4, 0.5) is 11.8 Å². The molecule has 6 heteroatoms. The molecule has 2 aromatic rings. The second kappa shape index (κ2) is 7.08. The fourth-order valence-electron chi connectivity index (χ4n) is 2.22. The Labute approximate surface area is 124 Å². The summed E-state index contributed by atoms with van der Waals surface area (Å²) in [6, 6.07) is 5.53. The third kappa shape index (κ3) is 3.72. The van der Waals surface area contributed by atoms with E-state index in [-0.39, 0.29) is 18.6 Å². The number of unbranched alkanes of at least 4 members (excludes halogenated alkanes) is 1. The molecular formula is C15H22N4O2. The van der Waals surface area contributed by atoms with Crippen LogP contribution in [0.15, 0.2) is 18.2 Å². The van der Waals surface area contributed by atoms with Crippen LogP contribution < -0.4 is 15.8 Å². The first kappa shape index (κ1) is 15.3. The lowest BCUT2D eigenvalue weighted by molar-refractivity contribution is 0.267. The monoisotopic (exact) mass is 290 g/mol. The van der Waals surface area contributed by atoms with Crippen molar-refractivity contribution in [1.29, 1.82) is 0 Å². The highest BCUT2D eigenvalue weighted by Crippen LogP contribution is 2.26. The van der Waals surface area contributed by atoms with Crippen LogP contribution in [0, 0.1) is 0 Å². The van der Waals surface area contributed by atoms with Gasteiger partial charge in [0.15, 0.2) is 0 Å². The van der Waals surface area contributed by atoms with Gasteiger partial charge in [-0.25, -0.2) is 4.98 Å². The molecule has 0 amide bonds. The topological polar surface area (TPSA) is 93.3 Å². The average molecular weight is 290 g/mol. The second-order valence-electron chi connectivity index (χ2n) is 4.98. The summed E-state index contributed by atoms with van der Waals surface area (Å²) >= 11 is 0. The first-order chi connectivity index (χ1) is 10.2. The van der Waals surface area contributed by atoms with Crippen molar-refractivity contribution in [3.05, 3.63) is 18.2 Å². The van der Waals surface area contributed by atoms with Gasteiger partial charge in [-0.2, -0.15) is 4.98 Å². The van der Waals surface area contributed by atoms with Crippen molar-refractivity contribution >= 4 is 22.7 Å². The van der Waals surface area contributed by atoms with Gasteiger partial charge >= 0.3 is 0 Å². The maximum atomic E-state index is 9.48. The van der Waals surface area contributed by atoms with Gasteiger partial charge in [-0.05, 0) is 18.6 Å². The molecule has 0 saturated heterocycles. The Bertz CT molecular complexity index is 603. The quantitative estimate of drug-likeness (QED) is 0.723. The summed E-state index contributed by atoms with van der Waals surface area (Å²) in [5, 5.41) is 13.6. The average Bonchev–Trinajstić information content (AvgIpc) is 2.50. The predicted octanol–water partition coefficient (Wildman–Crippen LogP) is 2.18. The number of benzene rings is 1. The van der Waals surface area contributed by atoms with E-state index in [4.69, 9.17) is 10.5 Å². The Kier molecular flexibility index (Phi) is 5.16. The number of ether oxygens (including phenoxy) is 1. The van der Waals surface area contributed by atoms with Gasteiger partial charge in [0.2, 0.25) is 5.95 Å². The summed E-state index contributed by atoms with van der Waals surface area (Å²) in [6.07, 6.45) is 3.02. The van der Waals surface area contributed by atoms with E-state index in [1.165, 1.54) is 0 Å². The van der Waals surface area contributed by atoms with Crippen molar-refractivity contribution in [3.63, 3.8) is 0 Å². The van der Waals surface area contributed by atoms with Gasteiger partial charge in [-0.15, -0.1) is 0 Å². The summed E-state index contributed by atoms with van der Waals surface area (Å²) < 4.78 is 5.20. The highest BCUT2D eigenvalue weighted by atomic mass is 16.5. The SMILES string of the molecule is CCCC[C@H](CO)Nc1nc(N)nc2cc(OC)ccc12. The van der Waals surface area contributed by atoms with Crippen LogP contribution in [-0.2, 0) is 0 Å². The summed E-state index contributed by atoms with van der Waals surface area (Å²) in [7, 11) is 1.61. The largest absolute Gasteiger partial charge is 0.497 e. The lowest BCUT2D eigenvalue weighted by Gasteiger charge is -2.18. The smallest absolute Gasteiger partial charge is 0.222 e. The molecule has 1 aromatic heterocycles. The van der Waals surface area contributed by atoms with Gasteiger partial charge in [0.1, 0.15) is 11.6 Å². The van der Waals surface area contributed by atoms with Crippen LogP contribution in [0.25, 0.3) is 10.9 Å². The number of aliphatic hydroxyl groups excluding tert-OH is 1. The Morgan fingerprint density at radius 2 is 2.19 bits per heavy atom. The Balaban J connectivity index is 2.33. The molecule has 114 valence electrons. The van der Waals surface area contributed by atoms with Gasteiger partial charge in [0.05, 0.1) is 25.3 Å². The van der Waals surface area contributed by atoms with Gasteiger partial charge in [0, 0.05) is 11.5 Å². The van der Waals surface area contributed by atoms with Crippen LogP contribution in [0.3, 0.4) is 0 Å². The van der Waals surface area contributed by atoms with E-state index < -0.39 is 0 Å². The van der Waals surface area contributed by atoms with Crippen molar-refractivity contribution in [3.8, 4) is 5.75 Å². The number of aromatic nitrogens is 2. The third-order valence-corrected chi connectivity index (χ3v) is 3.39. The Hall–Kier alpha value is -2.08. The Morgan fingerprint density at radius 1 is 1.38 bits per heavy atom. The third-order valence-electron chi connectivity index (χ3n) is 3.39. The molecule has 1 atom stereocenters. The van der Waals surface area contributed by atoms with Gasteiger partial charge in [-0.1, -0.05) is 19.8 Å². The van der Waals surface area contributed by atoms with Crippen molar-refractivity contribution in [2.24, 2.45) is 0 Å². The normalized spacial score (nSPS) is 12.3. The molecule has 0 fully saturated rings. The number of methoxy groups -OCH3 is 1. The number of nitrogens with two attached hydrogens (primary N) is 1. The van der Waals surface area contributed by atoms with Crippen LogP contribution in [0.5, 0.6) is 5.75 Å². The molecule has 2 rings (SSSR count). The maximum Gasteiger partial charge on any atom is 0.222 e.